The molecule has 6 rings (SSSR count). The summed E-state index contributed by atoms with van der Waals surface area (Å²) in [6.45, 7) is 0.347. The maximum atomic E-state index is 13.1. The van der Waals surface area contributed by atoms with Gasteiger partial charge in [-0.1, -0.05) is 0 Å². The number of ether oxygens (including phenoxy) is 1. The van der Waals surface area contributed by atoms with E-state index in [4.69, 9.17) is 4.74 Å². The summed E-state index contributed by atoms with van der Waals surface area (Å²) in [5.41, 5.74) is 0.701. The minimum atomic E-state index is -0.146. The van der Waals surface area contributed by atoms with Crippen molar-refractivity contribution in [3.8, 4) is 11.4 Å². The van der Waals surface area contributed by atoms with E-state index in [9.17, 15) is 4.79 Å². The Kier molecular flexibility index (Phi) is 3.91. The molecule has 4 aliphatic rings. The minimum absolute atomic E-state index is 0.146. The molecule has 4 bridgehead atoms. The monoisotopic (exact) mass is 367 g/mol. The number of nitrogens with one attached hydrogen (secondary N) is 1. The fraction of sp³-hybridized carbons (Fsp3) is 0.600. The normalized spacial score (nSPS) is 31.1. The first-order valence-corrected chi connectivity index (χ1v) is 9.85. The number of benzene rings is 1. The molecule has 4 saturated carbocycles. The van der Waals surface area contributed by atoms with Crippen LogP contribution in [0.5, 0.6) is 5.75 Å². The Morgan fingerprint density at radius 1 is 1.15 bits per heavy atom. The first-order chi connectivity index (χ1) is 13.1. The summed E-state index contributed by atoms with van der Waals surface area (Å²) in [7, 11) is 1.64. The van der Waals surface area contributed by atoms with Gasteiger partial charge in [0.1, 0.15) is 5.75 Å². The highest BCUT2D eigenvalue weighted by Crippen LogP contribution is 2.60. The van der Waals surface area contributed by atoms with E-state index in [1.807, 2.05) is 24.3 Å². The van der Waals surface area contributed by atoms with Gasteiger partial charge in [-0.25, -0.2) is 0 Å². The number of carbonyl (C=O) groups is 1. The van der Waals surface area contributed by atoms with Gasteiger partial charge >= 0.3 is 0 Å². The van der Waals surface area contributed by atoms with Crippen LogP contribution in [0.3, 0.4) is 0 Å². The molecule has 0 radical (unpaired) electrons. The van der Waals surface area contributed by atoms with Gasteiger partial charge in [0.25, 0.3) is 0 Å². The highest BCUT2D eigenvalue weighted by atomic mass is 16.5. The summed E-state index contributed by atoms with van der Waals surface area (Å²) in [5.74, 6) is 3.89. The quantitative estimate of drug-likeness (QED) is 0.878. The third-order valence-electron chi connectivity index (χ3n) is 6.78. The van der Waals surface area contributed by atoms with Crippen LogP contribution in [0.2, 0.25) is 0 Å². The summed E-state index contributed by atoms with van der Waals surface area (Å²) in [6.07, 6.45) is 7.20. The van der Waals surface area contributed by atoms with Crippen molar-refractivity contribution in [1.82, 2.24) is 25.5 Å². The maximum Gasteiger partial charge on any atom is 0.226 e. The van der Waals surface area contributed by atoms with Gasteiger partial charge < -0.3 is 10.1 Å². The molecular formula is C20H25N5O2. The molecule has 1 amide bonds. The van der Waals surface area contributed by atoms with E-state index in [1.54, 1.807) is 11.8 Å². The average Bonchev–Trinajstić information content (AvgIpc) is 3.13. The van der Waals surface area contributed by atoms with Crippen LogP contribution >= 0.6 is 0 Å². The van der Waals surface area contributed by atoms with Crippen molar-refractivity contribution in [2.75, 3.05) is 7.11 Å². The maximum absolute atomic E-state index is 13.1. The largest absolute Gasteiger partial charge is 0.497 e. The van der Waals surface area contributed by atoms with Crippen LogP contribution in [0.15, 0.2) is 24.3 Å². The van der Waals surface area contributed by atoms with E-state index in [0.29, 0.717) is 12.4 Å². The van der Waals surface area contributed by atoms with Crippen LogP contribution in [-0.4, -0.2) is 33.2 Å². The van der Waals surface area contributed by atoms with Gasteiger partial charge in [0.2, 0.25) is 5.91 Å². The molecule has 1 N–H and O–H groups in total. The van der Waals surface area contributed by atoms with Crippen molar-refractivity contribution < 1.29 is 9.53 Å². The Balaban J connectivity index is 1.29. The summed E-state index contributed by atoms with van der Waals surface area (Å²) < 4.78 is 6.86. The molecule has 7 heteroatoms. The summed E-state index contributed by atoms with van der Waals surface area (Å²) in [6, 6.07) is 7.54. The molecule has 0 aliphatic heterocycles. The lowest BCUT2D eigenvalue weighted by atomic mass is 9.49. The zero-order valence-electron chi connectivity index (χ0n) is 15.6. The highest BCUT2D eigenvalue weighted by Gasteiger charge is 2.54. The van der Waals surface area contributed by atoms with Crippen molar-refractivity contribution in [3.63, 3.8) is 0 Å². The fourth-order valence-electron chi connectivity index (χ4n) is 5.98. The van der Waals surface area contributed by atoms with Crippen molar-refractivity contribution in [1.29, 1.82) is 0 Å². The van der Waals surface area contributed by atoms with Crippen molar-refractivity contribution >= 4 is 5.91 Å². The number of tetrazole rings is 1. The molecule has 0 spiro atoms. The number of aromatic nitrogens is 4. The summed E-state index contributed by atoms with van der Waals surface area (Å²) in [5, 5.41) is 15.1. The van der Waals surface area contributed by atoms with E-state index in [-0.39, 0.29) is 11.3 Å². The van der Waals surface area contributed by atoms with Gasteiger partial charge in [-0.2, -0.15) is 4.68 Å². The number of amides is 1. The van der Waals surface area contributed by atoms with E-state index < -0.39 is 0 Å². The number of hydrogen-bond donors (Lipinski definition) is 1. The second kappa shape index (κ2) is 6.32. The van der Waals surface area contributed by atoms with E-state index >= 15 is 0 Å². The lowest BCUT2D eigenvalue weighted by molar-refractivity contribution is -0.146. The van der Waals surface area contributed by atoms with E-state index in [1.165, 1.54) is 19.3 Å². The molecule has 4 aliphatic carbocycles. The second-order valence-electron chi connectivity index (χ2n) is 8.59. The molecule has 27 heavy (non-hydrogen) atoms. The molecule has 1 aromatic carbocycles. The van der Waals surface area contributed by atoms with Gasteiger partial charge in [-0.15, -0.1) is 5.10 Å². The Hall–Kier alpha value is -2.44. The predicted molar refractivity (Wildman–Crippen MR) is 98.2 cm³/mol. The van der Waals surface area contributed by atoms with Crippen LogP contribution in [0, 0.1) is 23.2 Å². The lowest BCUT2D eigenvalue weighted by Gasteiger charge is -2.55. The van der Waals surface area contributed by atoms with Gasteiger partial charge in [0, 0.05) is 5.41 Å². The van der Waals surface area contributed by atoms with Crippen LogP contribution in [-0.2, 0) is 11.3 Å². The molecule has 1 aromatic heterocycles. The molecule has 142 valence electrons. The van der Waals surface area contributed by atoms with Crippen molar-refractivity contribution in [3.05, 3.63) is 30.1 Å². The smallest absolute Gasteiger partial charge is 0.226 e. The highest BCUT2D eigenvalue weighted by molar-refractivity contribution is 5.83. The average molecular weight is 367 g/mol. The van der Waals surface area contributed by atoms with Crippen molar-refractivity contribution in [2.24, 2.45) is 23.2 Å². The molecule has 2 aromatic rings. The summed E-state index contributed by atoms with van der Waals surface area (Å²) >= 11 is 0. The number of nitrogens with zero attached hydrogens (tertiary/aromatic N) is 4. The number of methoxy groups -OCH3 is 1. The Morgan fingerprint density at radius 2 is 1.78 bits per heavy atom. The van der Waals surface area contributed by atoms with Crippen LogP contribution in [0.1, 0.15) is 44.3 Å². The zero-order valence-corrected chi connectivity index (χ0v) is 15.6. The SMILES string of the molecule is COc1ccc(-n2nnnc2CNC(=O)C23CC4CC(CC(C4)C2)C3)cc1. The first-order valence-electron chi connectivity index (χ1n) is 9.85. The molecule has 0 saturated heterocycles. The predicted octanol–water partition coefficient (Wildman–Crippen LogP) is 2.50. The fourth-order valence-corrected chi connectivity index (χ4v) is 5.98. The number of carbonyl (C=O) groups excluding carboxylic acids is 1. The number of rotatable bonds is 5. The van der Waals surface area contributed by atoms with Gasteiger partial charge in [0.15, 0.2) is 5.82 Å². The van der Waals surface area contributed by atoms with Crippen molar-refractivity contribution in [2.45, 2.75) is 45.1 Å². The third-order valence-corrected chi connectivity index (χ3v) is 6.78. The molecule has 0 unspecified atom stereocenters. The zero-order chi connectivity index (χ0) is 18.4. The third kappa shape index (κ3) is 2.89. The first kappa shape index (κ1) is 16.7. The Morgan fingerprint density at radius 3 is 2.37 bits per heavy atom. The second-order valence-corrected chi connectivity index (χ2v) is 8.59. The number of hydrogen-bond acceptors (Lipinski definition) is 5. The van der Waals surface area contributed by atoms with Crippen LogP contribution in [0.25, 0.3) is 5.69 Å². The minimum Gasteiger partial charge on any atom is -0.497 e. The van der Waals surface area contributed by atoms with Gasteiger partial charge in [0.05, 0.1) is 19.3 Å². The van der Waals surface area contributed by atoms with Gasteiger partial charge in [-0.3, -0.25) is 4.79 Å². The molecule has 1 heterocycles. The molecule has 7 nitrogen and oxygen atoms in total. The van der Waals surface area contributed by atoms with Crippen LogP contribution < -0.4 is 10.1 Å². The van der Waals surface area contributed by atoms with Crippen LogP contribution in [0.4, 0.5) is 0 Å². The lowest BCUT2D eigenvalue weighted by Crippen LogP contribution is -2.53. The molecular weight excluding hydrogens is 342 g/mol. The Labute approximate surface area is 158 Å². The van der Waals surface area contributed by atoms with E-state index in [0.717, 1.165) is 48.5 Å². The topological polar surface area (TPSA) is 81.9 Å². The molecule has 0 atom stereocenters. The standard InChI is InChI=1S/C20H25N5O2/c1-27-17-4-2-16(3-5-17)25-18(22-23-24-25)12-21-19(26)20-9-13-6-14(10-20)8-15(7-13)11-20/h2-5,13-15H,6-12H2,1H3,(H,21,26). The van der Waals surface area contributed by atoms with Gasteiger partial charge in [-0.05, 0) is 91.0 Å². The Bertz CT molecular complexity index is 809. The molecule has 4 fully saturated rings. The van der Waals surface area contributed by atoms with E-state index in [2.05, 4.69) is 20.8 Å². The summed E-state index contributed by atoms with van der Waals surface area (Å²) in [4.78, 5) is 13.1.